The van der Waals surface area contributed by atoms with Gasteiger partial charge in [0.1, 0.15) is 0 Å². The van der Waals surface area contributed by atoms with E-state index in [4.69, 9.17) is 0 Å². The molecule has 0 aromatic heterocycles. The normalized spacial score (nSPS) is 11.8. The Bertz CT molecular complexity index is 1160. The molecule has 0 fully saturated rings. The van der Waals surface area contributed by atoms with E-state index < -0.39 is 0 Å². The summed E-state index contributed by atoms with van der Waals surface area (Å²) in [5.74, 6) is -0.155. The fourth-order valence-corrected chi connectivity index (χ4v) is 4.58. The molecule has 6 nitrogen and oxygen atoms in total. The van der Waals surface area contributed by atoms with E-state index in [0.717, 1.165) is 16.7 Å². The third kappa shape index (κ3) is 11.1. The van der Waals surface area contributed by atoms with Gasteiger partial charge in [0.25, 0.3) is 0 Å². The molecule has 3 aromatic rings. The minimum Gasteiger partial charge on any atom is -0.352 e. The minimum absolute atomic E-state index is 0.0141. The van der Waals surface area contributed by atoms with Crippen molar-refractivity contribution < 1.29 is 14.4 Å². The van der Waals surface area contributed by atoms with E-state index in [2.05, 4.69) is 29.8 Å². The van der Waals surface area contributed by atoms with Crippen molar-refractivity contribution in [2.75, 3.05) is 0 Å². The van der Waals surface area contributed by atoms with Gasteiger partial charge in [-0.05, 0) is 40.9 Å². The molecule has 0 spiro atoms. The highest BCUT2D eigenvalue weighted by atomic mass is 16.2. The fourth-order valence-electron chi connectivity index (χ4n) is 4.58. The molecule has 0 heterocycles. The zero-order valence-electron chi connectivity index (χ0n) is 23.1. The standard InChI is InChI=1S/C33H41N3O3/c1-33(2,21-20-31(38)35-24-27-14-8-4-9-15-27)29(22-32(39)36-25-28-16-10-5-11-17-28)18-19-30(37)34-23-26-12-6-3-7-13-26/h3-17,29H,18-25H2,1-2H3,(H,34,37)(H,35,38)(H,36,39). The van der Waals surface area contributed by atoms with E-state index in [0.29, 0.717) is 51.7 Å². The highest BCUT2D eigenvalue weighted by Crippen LogP contribution is 2.37. The SMILES string of the molecule is CC(C)(CCC(=O)NCc1ccccc1)C(CCC(=O)NCc1ccccc1)CC(=O)NCc1ccccc1. The second kappa shape index (κ2) is 15.5. The molecule has 0 saturated carbocycles. The maximum absolute atomic E-state index is 12.9. The van der Waals surface area contributed by atoms with Crippen LogP contribution in [-0.2, 0) is 34.0 Å². The summed E-state index contributed by atoms with van der Waals surface area (Å²) in [6, 6.07) is 29.4. The van der Waals surface area contributed by atoms with Crippen molar-refractivity contribution in [1.29, 1.82) is 0 Å². The van der Waals surface area contributed by atoms with E-state index in [-0.39, 0.29) is 29.1 Å². The summed E-state index contributed by atoms with van der Waals surface area (Å²) in [6.07, 6.45) is 2.18. The van der Waals surface area contributed by atoms with Gasteiger partial charge in [0.15, 0.2) is 0 Å². The first-order valence-electron chi connectivity index (χ1n) is 13.7. The number of hydrogen-bond donors (Lipinski definition) is 3. The summed E-state index contributed by atoms with van der Waals surface area (Å²) < 4.78 is 0. The molecular weight excluding hydrogens is 486 g/mol. The number of hydrogen-bond acceptors (Lipinski definition) is 3. The Hall–Kier alpha value is -3.93. The van der Waals surface area contributed by atoms with Gasteiger partial charge in [-0.2, -0.15) is 0 Å². The Morgan fingerprint density at radius 2 is 0.974 bits per heavy atom. The molecule has 0 aliphatic heterocycles. The van der Waals surface area contributed by atoms with Crippen molar-refractivity contribution in [3.63, 3.8) is 0 Å². The average molecular weight is 528 g/mol. The summed E-state index contributed by atoms with van der Waals surface area (Å²) in [5, 5.41) is 8.99. The molecule has 1 atom stereocenters. The first-order chi connectivity index (χ1) is 18.8. The summed E-state index contributed by atoms with van der Waals surface area (Å²) in [7, 11) is 0. The Balaban J connectivity index is 1.55. The van der Waals surface area contributed by atoms with Crippen LogP contribution in [0.4, 0.5) is 0 Å². The minimum atomic E-state index is -0.312. The largest absolute Gasteiger partial charge is 0.352 e. The van der Waals surface area contributed by atoms with Gasteiger partial charge in [0.2, 0.25) is 17.7 Å². The van der Waals surface area contributed by atoms with E-state index in [1.807, 2.05) is 91.0 Å². The molecule has 0 bridgehead atoms. The van der Waals surface area contributed by atoms with E-state index in [9.17, 15) is 14.4 Å². The van der Waals surface area contributed by atoms with Crippen LogP contribution in [-0.4, -0.2) is 17.7 Å². The van der Waals surface area contributed by atoms with Crippen LogP contribution in [0.15, 0.2) is 91.0 Å². The smallest absolute Gasteiger partial charge is 0.220 e. The van der Waals surface area contributed by atoms with Crippen molar-refractivity contribution in [2.45, 2.75) is 65.6 Å². The molecular formula is C33H41N3O3. The van der Waals surface area contributed by atoms with Crippen molar-refractivity contribution in [2.24, 2.45) is 11.3 Å². The average Bonchev–Trinajstić information content (AvgIpc) is 2.96. The molecule has 3 aromatic carbocycles. The molecule has 1 unspecified atom stereocenters. The third-order valence-electron chi connectivity index (χ3n) is 7.25. The van der Waals surface area contributed by atoms with E-state index in [1.165, 1.54) is 0 Å². The molecule has 3 rings (SSSR count). The number of rotatable bonds is 15. The second-order valence-corrected chi connectivity index (χ2v) is 10.7. The first kappa shape index (κ1) is 29.6. The summed E-state index contributed by atoms with van der Waals surface area (Å²) >= 11 is 0. The summed E-state index contributed by atoms with van der Waals surface area (Å²) in [5.41, 5.74) is 2.83. The maximum Gasteiger partial charge on any atom is 0.220 e. The lowest BCUT2D eigenvalue weighted by atomic mass is 9.71. The van der Waals surface area contributed by atoms with Gasteiger partial charge in [-0.1, -0.05) is 105 Å². The monoisotopic (exact) mass is 527 g/mol. The van der Waals surface area contributed by atoms with Gasteiger partial charge in [0, 0.05) is 38.9 Å². The second-order valence-electron chi connectivity index (χ2n) is 10.7. The lowest BCUT2D eigenvalue weighted by molar-refractivity contribution is -0.125. The van der Waals surface area contributed by atoms with Crippen molar-refractivity contribution in [3.05, 3.63) is 108 Å². The molecule has 3 amide bonds. The van der Waals surface area contributed by atoms with Gasteiger partial charge < -0.3 is 16.0 Å². The number of amides is 3. The first-order valence-corrected chi connectivity index (χ1v) is 13.7. The van der Waals surface area contributed by atoms with Crippen molar-refractivity contribution in [1.82, 2.24) is 16.0 Å². The van der Waals surface area contributed by atoms with Crippen LogP contribution in [0.5, 0.6) is 0 Å². The summed E-state index contributed by atoms with van der Waals surface area (Å²) in [4.78, 5) is 38.2. The molecule has 0 aliphatic rings. The molecule has 0 radical (unpaired) electrons. The highest BCUT2D eigenvalue weighted by Gasteiger charge is 2.32. The van der Waals surface area contributed by atoms with Crippen LogP contribution < -0.4 is 16.0 Å². The van der Waals surface area contributed by atoms with Crippen LogP contribution in [0.25, 0.3) is 0 Å². The Morgan fingerprint density at radius 1 is 0.590 bits per heavy atom. The lowest BCUT2D eigenvalue weighted by Gasteiger charge is -2.34. The van der Waals surface area contributed by atoms with Crippen LogP contribution in [0.3, 0.4) is 0 Å². The number of nitrogens with one attached hydrogen (secondary N) is 3. The third-order valence-corrected chi connectivity index (χ3v) is 7.25. The van der Waals surface area contributed by atoms with Crippen LogP contribution in [0.2, 0.25) is 0 Å². The van der Waals surface area contributed by atoms with E-state index in [1.54, 1.807) is 0 Å². The molecule has 206 valence electrons. The maximum atomic E-state index is 12.9. The molecule has 39 heavy (non-hydrogen) atoms. The van der Waals surface area contributed by atoms with Gasteiger partial charge in [-0.25, -0.2) is 0 Å². The Kier molecular flexibility index (Phi) is 11.8. The zero-order valence-corrected chi connectivity index (χ0v) is 23.1. The molecule has 0 saturated heterocycles. The van der Waals surface area contributed by atoms with Gasteiger partial charge in [-0.3, -0.25) is 14.4 Å². The summed E-state index contributed by atoms with van der Waals surface area (Å²) in [6.45, 7) is 5.62. The molecule has 3 N–H and O–H groups in total. The van der Waals surface area contributed by atoms with Crippen LogP contribution in [0.1, 0.15) is 62.6 Å². The lowest BCUT2D eigenvalue weighted by Crippen LogP contribution is -2.34. The Morgan fingerprint density at radius 3 is 1.41 bits per heavy atom. The van der Waals surface area contributed by atoms with Gasteiger partial charge >= 0.3 is 0 Å². The number of benzene rings is 3. The van der Waals surface area contributed by atoms with Crippen molar-refractivity contribution in [3.8, 4) is 0 Å². The Labute approximate surface area is 232 Å². The predicted molar refractivity (Wildman–Crippen MR) is 155 cm³/mol. The quantitative estimate of drug-likeness (QED) is 0.243. The van der Waals surface area contributed by atoms with Gasteiger partial charge in [0.05, 0.1) is 0 Å². The fraction of sp³-hybridized carbons (Fsp3) is 0.364. The molecule has 0 aliphatic carbocycles. The number of carbonyl (C=O) groups is 3. The highest BCUT2D eigenvalue weighted by molar-refractivity contribution is 5.78. The van der Waals surface area contributed by atoms with Crippen LogP contribution >= 0.6 is 0 Å². The van der Waals surface area contributed by atoms with Crippen molar-refractivity contribution >= 4 is 17.7 Å². The molecule has 6 heteroatoms. The zero-order chi connectivity index (χ0) is 27.9. The predicted octanol–water partition coefficient (Wildman–Crippen LogP) is 5.53. The number of carbonyl (C=O) groups excluding carboxylic acids is 3. The van der Waals surface area contributed by atoms with E-state index >= 15 is 0 Å². The topological polar surface area (TPSA) is 87.3 Å². The van der Waals surface area contributed by atoms with Crippen LogP contribution in [0, 0.1) is 11.3 Å². The van der Waals surface area contributed by atoms with Gasteiger partial charge in [-0.15, -0.1) is 0 Å².